The molecular weight excluding hydrogens is 231 g/mol. The third-order valence-corrected chi connectivity index (χ3v) is 2.68. The first-order valence-electron chi connectivity index (χ1n) is 5.32. The Labute approximate surface area is 102 Å². The number of nitrogens with zero attached hydrogens (tertiary/aromatic N) is 4. The molecular formula is C13H7FN4. The van der Waals surface area contributed by atoms with E-state index in [2.05, 4.69) is 14.8 Å². The van der Waals surface area contributed by atoms with Crippen LogP contribution >= 0.6 is 0 Å². The van der Waals surface area contributed by atoms with Crippen LogP contribution in [-0.2, 0) is 0 Å². The first-order chi connectivity index (χ1) is 8.79. The maximum Gasteiger partial charge on any atom is 0.352 e. The minimum Gasteiger partial charge on any atom is -0.361 e. The first kappa shape index (κ1) is 10.5. The van der Waals surface area contributed by atoms with Crippen molar-refractivity contribution in [3.05, 3.63) is 65.2 Å². The van der Waals surface area contributed by atoms with E-state index in [1.54, 1.807) is 24.4 Å². The number of hydrogen-bond acceptors (Lipinski definition) is 2. The van der Waals surface area contributed by atoms with Crippen LogP contribution in [0.2, 0.25) is 0 Å². The van der Waals surface area contributed by atoms with Crippen molar-refractivity contribution in [3.63, 3.8) is 0 Å². The number of aliphatic imine (C=N–C) groups is 1. The molecule has 0 amide bonds. The Morgan fingerprint density at radius 1 is 1.17 bits per heavy atom. The standard InChI is InChI=1S/C13H7FN4/c14-8-4-5-10-9(7-8)12(18-15)13(17-10)11-3-1-2-6-16-11/h1-7H. The Morgan fingerprint density at radius 2 is 2.06 bits per heavy atom. The molecule has 0 bridgehead atoms. The average Bonchev–Trinajstić information content (AvgIpc) is 2.77. The van der Waals surface area contributed by atoms with E-state index in [0.29, 0.717) is 22.7 Å². The number of hydrogen-bond donors (Lipinski definition) is 0. The zero-order valence-electron chi connectivity index (χ0n) is 9.21. The molecule has 0 fully saturated rings. The number of pyridine rings is 1. The lowest BCUT2D eigenvalue weighted by atomic mass is 10.1. The molecule has 0 atom stereocenters. The second-order valence-electron chi connectivity index (χ2n) is 3.79. The summed E-state index contributed by atoms with van der Waals surface area (Å²) in [5, 5.41) is 0. The lowest BCUT2D eigenvalue weighted by Gasteiger charge is -1.94. The fraction of sp³-hybridized carbons (Fsp3) is 0. The molecule has 3 rings (SSSR count). The van der Waals surface area contributed by atoms with Gasteiger partial charge in [-0.25, -0.2) is 9.38 Å². The van der Waals surface area contributed by atoms with Crippen LogP contribution in [0.4, 0.5) is 10.1 Å². The van der Waals surface area contributed by atoms with Crippen molar-refractivity contribution < 1.29 is 9.18 Å². The van der Waals surface area contributed by atoms with Crippen LogP contribution in [0, 0.1) is 5.82 Å². The van der Waals surface area contributed by atoms with Crippen LogP contribution in [0.25, 0.3) is 5.53 Å². The fourth-order valence-electron chi connectivity index (χ4n) is 1.88. The topological polar surface area (TPSA) is 61.7 Å². The highest BCUT2D eigenvalue weighted by atomic mass is 19.1. The molecule has 4 nitrogen and oxygen atoms in total. The van der Waals surface area contributed by atoms with Crippen LogP contribution in [0.3, 0.4) is 0 Å². The van der Waals surface area contributed by atoms with E-state index in [1.165, 1.54) is 12.1 Å². The smallest absolute Gasteiger partial charge is 0.352 e. The molecule has 0 saturated carbocycles. The second kappa shape index (κ2) is 3.98. The number of halogens is 1. The van der Waals surface area contributed by atoms with Crippen molar-refractivity contribution in [3.8, 4) is 0 Å². The van der Waals surface area contributed by atoms with E-state index in [9.17, 15) is 4.39 Å². The van der Waals surface area contributed by atoms with Crippen molar-refractivity contribution in [2.24, 2.45) is 4.99 Å². The quantitative estimate of drug-likeness (QED) is 0.555. The minimum absolute atomic E-state index is 0.239. The summed E-state index contributed by atoms with van der Waals surface area (Å²) >= 11 is 0. The van der Waals surface area contributed by atoms with Crippen molar-refractivity contribution in [1.82, 2.24) is 4.98 Å². The highest BCUT2D eigenvalue weighted by Gasteiger charge is 2.32. The second-order valence-corrected chi connectivity index (χ2v) is 3.79. The average molecular weight is 238 g/mol. The summed E-state index contributed by atoms with van der Waals surface area (Å²) in [6, 6.07) is 9.51. The minimum atomic E-state index is -0.396. The summed E-state index contributed by atoms with van der Waals surface area (Å²) < 4.78 is 13.2. The summed E-state index contributed by atoms with van der Waals surface area (Å²) in [7, 11) is 0. The Hall–Kier alpha value is -2.65. The van der Waals surface area contributed by atoms with Crippen molar-refractivity contribution in [1.29, 1.82) is 0 Å². The molecule has 2 aromatic rings. The molecule has 5 heteroatoms. The zero-order valence-corrected chi connectivity index (χ0v) is 9.21. The highest BCUT2D eigenvalue weighted by Crippen LogP contribution is 2.28. The summed E-state index contributed by atoms with van der Waals surface area (Å²) in [4.78, 5) is 11.7. The van der Waals surface area contributed by atoms with Gasteiger partial charge in [0.2, 0.25) is 0 Å². The van der Waals surface area contributed by atoms with E-state index in [1.807, 2.05) is 6.07 Å². The number of benzene rings is 1. The SMILES string of the molecule is [N-]=[N+]=C1C(c2ccccn2)=Nc2ccc(F)cc21. The van der Waals surface area contributed by atoms with Gasteiger partial charge >= 0.3 is 5.71 Å². The monoisotopic (exact) mass is 238 g/mol. The van der Waals surface area contributed by atoms with Crippen molar-refractivity contribution >= 4 is 17.1 Å². The van der Waals surface area contributed by atoms with Gasteiger partial charge in [0.15, 0.2) is 5.71 Å². The van der Waals surface area contributed by atoms with Gasteiger partial charge in [-0.3, -0.25) is 4.98 Å². The van der Waals surface area contributed by atoms with Gasteiger partial charge in [-0.2, -0.15) is 4.79 Å². The molecule has 2 heterocycles. The molecule has 0 N–H and O–H groups in total. The lowest BCUT2D eigenvalue weighted by molar-refractivity contribution is -0.000179. The van der Waals surface area contributed by atoms with Gasteiger partial charge in [0.25, 0.3) is 0 Å². The maximum atomic E-state index is 13.2. The first-order valence-corrected chi connectivity index (χ1v) is 5.32. The molecule has 86 valence electrons. The largest absolute Gasteiger partial charge is 0.361 e. The molecule has 0 spiro atoms. The third-order valence-electron chi connectivity index (χ3n) is 2.68. The van der Waals surface area contributed by atoms with Crippen molar-refractivity contribution in [2.75, 3.05) is 0 Å². The molecule has 18 heavy (non-hydrogen) atoms. The number of aromatic nitrogens is 1. The van der Waals surface area contributed by atoms with Gasteiger partial charge in [-0.15, -0.1) is 0 Å². The summed E-state index contributed by atoms with van der Waals surface area (Å²) in [5.41, 5.74) is 11.4. The molecule has 1 aliphatic heterocycles. The molecule has 0 radical (unpaired) electrons. The normalized spacial score (nSPS) is 12.9. The maximum absolute atomic E-state index is 13.2. The molecule has 0 aliphatic carbocycles. The Morgan fingerprint density at radius 3 is 2.78 bits per heavy atom. The van der Waals surface area contributed by atoms with E-state index >= 15 is 0 Å². The lowest BCUT2D eigenvalue weighted by Crippen LogP contribution is -2.15. The Kier molecular flexibility index (Phi) is 2.32. The van der Waals surface area contributed by atoms with Crippen LogP contribution in [0.5, 0.6) is 0 Å². The van der Waals surface area contributed by atoms with Gasteiger partial charge in [-0.05, 0) is 30.3 Å². The number of rotatable bonds is 1. The molecule has 0 unspecified atom stereocenters. The predicted octanol–water partition coefficient (Wildman–Crippen LogP) is 2.37. The molecule has 1 aliphatic rings. The molecule has 1 aromatic heterocycles. The highest BCUT2D eigenvalue weighted by molar-refractivity contribution is 6.54. The molecule has 0 saturated heterocycles. The molecule has 1 aromatic carbocycles. The van der Waals surface area contributed by atoms with Crippen LogP contribution in [0.1, 0.15) is 11.3 Å². The predicted molar refractivity (Wildman–Crippen MR) is 64.6 cm³/mol. The fourth-order valence-corrected chi connectivity index (χ4v) is 1.88. The van der Waals surface area contributed by atoms with Crippen LogP contribution in [0.15, 0.2) is 47.6 Å². The zero-order chi connectivity index (χ0) is 12.5. The van der Waals surface area contributed by atoms with E-state index < -0.39 is 5.82 Å². The Bertz CT molecular complexity index is 700. The van der Waals surface area contributed by atoms with Gasteiger partial charge in [0, 0.05) is 6.20 Å². The summed E-state index contributed by atoms with van der Waals surface area (Å²) in [6.07, 6.45) is 1.62. The van der Waals surface area contributed by atoms with Gasteiger partial charge in [-0.1, -0.05) is 6.07 Å². The van der Waals surface area contributed by atoms with Crippen molar-refractivity contribution in [2.45, 2.75) is 0 Å². The van der Waals surface area contributed by atoms with Gasteiger partial charge in [0.1, 0.15) is 5.82 Å². The summed E-state index contributed by atoms with van der Waals surface area (Å²) in [5.74, 6) is -0.396. The van der Waals surface area contributed by atoms with Crippen LogP contribution < -0.4 is 0 Å². The van der Waals surface area contributed by atoms with E-state index in [4.69, 9.17) is 5.53 Å². The van der Waals surface area contributed by atoms with E-state index in [-0.39, 0.29) is 5.71 Å². The van der Waals surface area contributed by atoms with Crippen LogP contribution in [-0.4, -0.2) is 21.2 Å². The Balaban J connectivity index is 2.19. The van der Waals surface area contributed by atoms with Gasteiger partial charge < -0.3 is 5.53 Å². The summed E-state index contributed by atoms with van der Waals surface area (Å²) in [6.45, 7) is 0. The number of fused-ring (bicyclic) bond motifs is 1. The van der Waals surface area contributed by atoms with Gasteiger partial charge in [0.05, 0.1) is 16.9 Å². The third kappa shape index (κ3) is 1.54. The van der Waals surface area contributed by atoms with E-state index in [0.717, 1.165) is 0 Å².